The Bertz CT molecular complexity index is 814. The molecule has 1 N–H and O–H groups in total. The van der Waals surface area contributed by atoms with Gasteiger partial charge in [-0.2, -0.15) is 0 Å². The van der Waals surface area contributed by atoms with Gasteiger partial charge in [0.05, 0.1) is 11.0 Å². The van der Waals surface area contributed by atoms with Gasteiger partial charge in [0.25, 0.3) is 11.6 Å². The third kappa shape index (κ3) is 3.94. The lowest BCUT2D eigenvalue weighted by atomic mass is 10.2. The van der Waals surface area contributed by atoms with Crippen molar-refractivity contribution < 1.29 is 28.1 Å². The summed E-state index contributed by atoms with van der Waals surface area (Å²) in [5.41, 5.74) is -0.609. The van der Waals surface area contributed by atoms with Crippen LogP contribution in [0, 0.1) is 29.8 Å². The van der Waals surface area contributed by atoms with Crippen LogP contribution in [0.2, 0.25) is 0 Å². The van der Waals surface area contributed by atoms with E-state index in [2.05, 4.69) is 5.32 Å². The monoisotopic (exact) mass is 336 g/mol. The van der Waals surface area contributed by atoms with Crippen molar-refractivity contribution in [1.29, 1.82) is 0 Å². The van der Waals surface area contributed by atoms with Gasteiger partial charge in [0.1, 0.15) is 28.6 Å². The molecule has 0 saturated heterocycles. The van der Waals surface area contributed by atoms with Crippen molar-refractivity contribution in [2.75, 3.05) is 11.9 Å². The Morgan fingerprint density at radius 3 is 2.62 bits per heavy atom. The lowest BCUT2D eigenvalue weighted by Crippen LogP contribution is -2.21. The summed E-state index contributed by atoms with van der Waals surface area (Å²) in [5, 5.41) is 13.0. The largest absolute Gasteiger partial charge is 0.466 e. The number of hydrogen-bond donors (Lipinski definition) is 1. The summed E-state index contributed by atoms with van der Waals surface area (Å²) in [6.45, 7) is 2.58. The highest BCUT2D eigenvalue weighted by Crippen LogP contribution is 2.24. The van der Waals surface area contributed by atoms with Crippen LogP contribution in [-0.2, 0) is 9.53 Å². The molecule has 0 unspecified atom stereocenters. The molecule has 2 rings (SSSR count). The number of nitro benzene ring substituents is 1. The summed E-state index contributed by atoms with van der Waals surface area (Å²) in [4.78, 5) is 33.6. The Labute approximate surface area is 135 Å². The molecule has 9 heteroatoms. The third-order valence-corrected chi connectivity index (χ3v) is 3.03. The van der Waals surface area contributed by atoms with Crippen LogP contribution in [0.4, 0.5) is 15.8 Å². The first-order valence-electron chi connectivity index (χ1n) is 6.76. The Kier molecular flexibility index (Phi) is 4.93. The number of nitrogens with one attached hydrogen (secondary N) is 1. The van der Waals surface area contributed by atoms with Crippen LogP contribution in [0.3, 0.4) is 0 Å². The fraction of sp³-hybridized carbons (Fsp3) is 0.200. The Hall–Kier alpha value is -3.23. The minimum Gasteiger partial charge on any atom is -0.466 e. The number of ether oxygens (including phenoxy) is 1. The van der Waals surface area contributed by atoms with Gasteiger partial charge in [0, 0.05) is 0 Å². The molecular weight excluding hydrogens is 323 g/mol. The van der Waals surface area contributed by atoms with Gasteiger partial charge >= 0.3 is 5.97 Å². The molecule has 0 aliphatic heterocycles. The number of rotatable bonds is 5. The van der Waals surface area contributed by atoms with Gasteiger partial charge in [-0.3, -0.25) is 14.9 Å². The zero-order valence-electron chi connectivity index (χ0n) is 12.8. The zero-order chi connectivity index (χ0) is 17.9. The number of hydrogen-bond acceptors (Lipinski definition) is 6. The molecule has 1 heterocycles. The number of amides is 1. The van der Waals surface area contributed by atoms with E-state index in [0.717, 1.165) is 12.1 Å². The molecule has 24 heavy (non-hydrogen) atoms. The van der Waals surface area contributed by atoms with E-state index in [1.807, 2.05) is 0 Å². The molecule has 1 aromatic carbocycles. The number of aryl methyl sites for hydroxylation is 2. The van der Waals surface area contributed by atoms with E-state index in [1.54, 1.807) is 13.8 Å². The van der Waals surface area contributed by atoms with Crippen LogP contribution in [-0.4, -0.2) is 23.4 Å². The van der Waals surface area contributed by atoms with E-state index in [0.29, 0.717) is 17.6 Å². The van der Waals surface area contributed by atoms with Crippen molar-refractivity contribution in [2.45, 2.75) is 13.8 Å². The standard InChI is InChI=1S/C15H13FN2O6/c1-8-5-11(9(2)24-8)15(20)23-7-14(19)17-12-4-3-10(16)6-13(12)18(21)22/h3-6H,7H2,1-2H3,(H,17,19). The van der Waals surface area contributed by atoms with Crippen molar-refractivity contribution >= 4 is 23.3 Å². The van der Waals surface area contributed by atoms with Crippen molar-refractivity contribution in [3.63, 3.8) is 0 Å². The minimum atomic E-state index is -0.831. The van der Waals surface area contributed by atoms with E-state index in [9.17, 15) is 24.1 Å². The van der Waals surface area contributed by atoms with E-state index >= 15 is 0 Å². The molecule has 0 atom stereocenters. The predicted octanol–water partition coefficient (Wildman–Crippen LogP) is 2.74. The number of esters is 1. The lowest BCUT2D eigenvalue weighted by molar-refractivity contribution is -0.384. The number of halogens is 1. The zero-order valence-corrected chi connectivity index (χ0v) is 12.8. The highest BCUT2D eigenvalue weighted by molar-refractivity contribution is 5.97. The molecule has 2 aromatic rings. The summed E-state index contributed by atoms with van der Waals surface area (Å²) in [6, 6.07) is 4.17. The average Bonchev–Trinajstić information content (AvgIpc) is 2.85. The Morgan fingerprint density at radius 1 is 1.33 bits per heavy atom. The average molecular weight is 336 g/mol. The summed E-state index contributed by atoms with van der Waals surface area (Å²) in [5.74, 6) is -1.49. The smallest absolute Gasteiger partial charge is 0.342 e. The molecule has 1 amide bonds. The summed E-state index contributed by atoms with van der Waals surface area (Å²) in [7, 11) is 0. The molecule has 0 bridgehead atoms. The molecule has 0 aliphatic rings. The van der Waals surface area contributed by atoms with Crippen molar-refractivity contribution in [3.05, 3.63) is 57.3 Å². The van der Waals surface area contributed by atoms with Crippen LogP contribution in [0.5, 0.6) is 0 Å². The molecule has 0 saturated carbocycles. The van der Waals surface area contributed by atoms with Crippen molar-refractivity contribution in [3.8, 4) is 0 Å². The summed E-state index contributed by atoms with van der Waals surface area (Å²) < 4.78 is 23.0. The normalized spacial score (nSPS) is 10.3. The molecule has 0 aliphatic carbocycles. The van der Waals surface area contributed by atoms with E-state index < -0.39 is 34.9 Å². The number of furan rings is 1. The molecule has 0 fully saturated rings. The maximum absolute atomic E-state index is 13.0. The van der Waals surface area contributed by atoms with Gasteiger partial charge in [0.2, 0.25) is 0 Å². The molecular formula is C15H13FN2O6. The maximum atomic E-state index is 13.0. The highest BCUT2D eigenvalue weighted by Gasteiger charge is 2.19. The van der Waals surface area contributed by atoms with Gasteiger partial charge in [-0.25, -0.2) is 9.18 Å². The van der Waals surface area contributed by atoms with E-state index in [1.165, 1.54) is 6.07 Å². The SMILES string of the molecule is Cc1cc(C(=O)OCC(=O)Nc2ccc(F)cc2[N+](=O)[O-])c(C)o1. The maximum Gasteiger partial charge on any atom is 0.342 e. The van der Waals surface area contributed by atoms with E-state index in [-0.39, 0.29) is 11.3 Å². The van der Waals surface area contributed by atoms with Gasteiger partial charge in [-0.1, -0.05) is 0 Å². The van der Waals surface area contributed by atoms with Gasteiger partial charge in [-0.05, 0) is 32.0 Å². The number of anilines is 1. The fourth-order valence-electron chi connectivity index (χ4n) is 1.99. The number of benzene rings is 1. The van der Waals surface area contributed by atoms with Crippen molar-refractivity contribution in [2.24, 2.45) is 0 Å². The Morgan fingerprint density at radius 2 is 2.04 bits per heavy atom. The first kappa shape index (κ1) is 17.1. The molecule has 0 spiro atoms. The number of nitrogens with zero attached hydrogens (tertiary/aromatic N) is 1. The number of carbonyl (C=O) groups excluding carboxylic acids is 2. The summed E-state index contributed by atoms with van der Waals surface area (Å²) >= 11 is 0. The molecule has 126 valence electrons. The third-order valence-electron chi connectivity index (χ3n) is 3.03. The van der Waals surface area contributed by atoms with Crippen LogP contribution in [0.25, 0.3) is 0 Å². The van der Waals surface area contributed by atoms with E-state index in [4.69, 9.17) is 9.15 Å². The van der Waals surface area contributed by atoms with Crippen LogP contribution >= 0.6 is 0 Å². The predicted molar refractivity (Wildman–Crippen MR) is 80.1 cm³/mol. The van der Waals surface area contributed by atoms with Gasteiger partial charge in [-0.15, -0.1) is 0 Å². The first-order chi connectivity index (χ1) is 11.3. The molecule has 8 nitrogen and oxygen atoms in total. The quantitative estimate of drug-likeness (QED) is 0.510. The molecule has 1 aromatic heterocycles. The lowest BCUT2D eigenvalue weighted by Gasteiger charge is -2.07. The van der Waals surface area contributed by atoms with Gasteiger partial charge < -0.3 is 14.5 Å². The topological polar surface area (TPSA) is 112 Å². The summed E-state index contributed by atoms with van der Waals surface area (Å²) in [6.07, 6.45) is 0. The van der Waals surface area contributed by atoms with Crippen LogP contribution in [0.1, 0.15) is 21.9 Å². The highest BCUT2D eigenvalue weighted by atomic mass is 19.1. The Balaban J connectivity index is 2.00. The number of carbonyl (C=O) groups is 2. The van der Waals surface area contributed by atoms with Crippen LogP contribution in [0.15, 0.2) is 28.7 Å². The fourth-order valence-corrected chi connectivity index (χ4v) is 1.99. The number of nitro groups is 1. The second-order valence-electron chi connectivity index (χ2n) is 4.87. The second-order valence-corrected chi connectivity index (χ2v) is 4.87. The molecule has 0 radical (unpaired) electrons. The minimum absolute atomic E-state index is 0.188. The second kappa shape index (κ2) is 6.90. The van der Waals surface area contributed by atoms with Crippen LogP contribution < -0.4 is 5.32 Å². The van der Waals surface area contributed by atoms with Gasteiger partial charge in [0.15, 0.2) is 6.61 Å². The van der Waals surface area contributed by atoms with Crippen molar-refractivity contribution in [1.82, 2.24) is 0 Å². The first-order valence-corrected chi connectivity index (χ1v) is 6.76.